The van der Waals surface area contributed by atoms with E-state index in [9.17, 15) is 14.6 Å². The van der Waals surface area contributed by atoms with Crippen molar-refractivity contribution >= 4 is 5.82 Å². The summed E-state index contributed by atoms with van der Waals surface area (Å²) in [4.78, 5) is 9.03. The number of aromatic nitrogens is 2. The van der Waals surface area contributed by atoms with Crippen molar-refractivity contribution in [1.82, 2.24) is 9.97 Å². The molecule has 0 aliphatic carbocycles. The number of halogens is 1. The van der Waals surface area contributed by atoms with Crippen molar-refractivity contribution in [2.75, 3.05) is 18.0 Å². The van der Waals surface area contributed by atoms with Crippen LogP contribution in [0, 0.1) is 12.7 Å². The van der Waals surface area contributed by atoms with Crippen LogP contribution in [0.2, 0.25) is 0 Å². The Balaban J connectivity index is 2.27. The van der Waals surface area contributed by atoms with Gasteiger partial charge >= 0.3 is 0 Å². The first-order chi connectivity index (χ1) is 7.09. The number of nitrogens with zero attached hydrogens (tertiary/aromatic N) is 3. The molecule has 1 aliphatic heterocycles. The van der Waals surface area contributed by atoms with E-state index in [-0.39, 0.29) is 24.6 Å². The summed E-state index contributed by atoms with van der Waals surface area (Å²) >= 11 is 0. The highest BCUT2D eigenvalue weighted by Crippen LogP contribution is 2.22. The topological polar surface area (TPSA) is 69.5 Å². The maximum absolute atomic E-state index is 13.6. The van der Waals surface area contributed by atoms with Crippen LogP contribution in [0.1, 0.15) is 5.69 Å². The van der Waals surface area contributed by atoms with Gasteiger partial charge in [-0.25, -0.2) is 14.4 Å². The molecule has 0 spiro atoms. The molecule has 0 amide bonds. The lowest BCUT2D eigenvalue weighted by molar-refractivity contribution is 0.0572. The van der Waals surface area contributed by atoms with Crippen LogP contribution in [0.5, 0.6) is 0 Å². The highest BCUT2D eigenvalue weighted by Gasteiger charge is 2.32. The second-order valence-corrected chi connectivity index (χ2v) is 3.64. The van der Waals surface area contributed by atoms with E-state index >= 15 is 0 Å². The van der Waals surface area contributed by atoms with Gasteiger partial charge in [-0.15, -0.1) is 0 Å². The van der Waals surface area contributed by atoms with Gasteiger partial charge in [0.1, 0.15) is 6.33 Å². The molecule has 1 fully saturated rings. The van der Waals surface area contributed by atoms with Crippen LogP contribution in [0.15, 0.2) is 6.33 Å². The lowest BCUT2D eigenvalue weighted by Gasteiger charge is -2.16. The van der Waals surface area contributed by atoms with Gasteiger partial charge in [0.15, 0.2) is 11.6 Å². The molecule has 0 aromatic carbocycles. The van der Waals surface area contributed by atoms with E-state index in [1.54, 1.807) is 6.92 Å². The van der Waals surface area contributed by atoms with Gasteiger partial charge in [-0.05, 0) is 6.92 Å². The van der Waals surface area contributed by atoms with E-state index in [1.165, 1.54) is 11.2 Å². The number of rotatable bonds is 1. The molecule has 2 unspecified atom stereocenters. The standard InChI is InChI=1S/C9H12FN3O2/c1-5-8(10)9(12-4-11-5)13-2-6(14)7(15)3-13/h4,6-7,14-15H,2-3H2,1H3. The van der Waals surface area contributed by atoms with Crippen LogP contribution in [-0.2, 0) is 0 Å². The molecular formula is C9H12FN3O2. The van der Waals surface area contributed by atoms with Crippen molar-refractivity contribution in [3.8, 4) is 0 Å². The monoisotopic (exact) mass is 213 g/mol. The number of aryl methyl sites for hydroxylation is 1. The van der Waals surface area contributed by atoms with Crippen LogP contribution in [-0.4, -0.2) is 45.5 Å². The lowest BCUT2D eigenvalue weighted by atomic mass is 10.3. The van der Waals surface area contributed by atoms with Gasteiger partial charge in [0.05, 0.1) is 17.9 Å². The molecule has 82 valence electrons. The number of β-amino-alcohol motifs (C(OH)–C–C–N with tert-alkyl or cyclic N) is 2. The third-order valence-electron chi connectivity index (χ3n) is 2.50. The Labute approximate surface area is 86.2 Å². The Morgan fingerprint density at radius 1 is 1.33 bits per heavy atom. The summed E-state index contributed by atoms with van der Waals surface area (Å²) in [7, 11) is 0. The fourth-order valence-electron chi connectivity index (χ4n) is 1.61. The third-order valence-corrected chi connectivity index (χ3v) is 2.50. The van der Waals surface area contributed by atoms with E-state index in [0.29, 0.717) is 0 Å². The molecule has 2 heterocycles. The maximum Gasteiger partial charge on any atom is 0.186 e. The van der Waals surface area contributed by atoms with E-state index in [4.69, 9.17) is 0 Å². The zero-order chi connectivity index (χ0) is 11.0. The third kappa shape index (κ3) is 1.78. The molecule has 0 radical (unpaired) electrons. The first-order valence-electron chi connectivity index (χ1n) is 4.67. The molecule has 1 saturated heterocycles. The Morgan fingerprint density at radius 3 is 2.53 bits per heavy atom. The first-order valence-corrected chi connectivity index (χ1v) is 4.67. The van der Waals surface area contributed by atoms with Crippen molar-refractivity contribution in [3.63, 3.8) is 0 Å². The molecule has 1 aromatic heterocycles. The van der Waals surface area contributed by atoms with Crippen LogP contribution >= 0.6 is 0 Å². The summed E-state index contributed by atoms with van der Waals surface area (Å²) in [6, 6.07) is 0. The molecule has 2 N–H and O–H groups in total. The fraction of sp³-hybridized carbons (Fsp3) is 0.556. The molecule has 0 saturated carbocycles. The summed E-state index contributed by atoms with van der Waals surface area (Å²) in [5, 5.41) is 18.7. The lowest BCUT2D eigenvalue weighted by Crippen LogP contribution is -2.24. The maximum atomic E-state index is 13.6. The largest absolute Gasteiger partial charge is 0.389 e. The second-order valence-electron chi connectivity index (χ2n) is 3.64. The zero-order valence-electron chi connectivity index (χ0n) is 8.26. The Morgan fingerprint density at radius 2 is 1.93 bits per heavy atom. The highest BCUT2D eigenvalue weighted by atomic mass is 19.1. The first kappa shape index (κ1) is 10.3. The smallest absolute Gasteiger partial charge is 0.186 e. The van der Waals surface area contributed by atoms with Gasteiger partial charge in [0.25, 0.3) is 0 Å². The normalized spacial score (nSPS) is 26.0. The minimum absolute atomic E-state index is 0.137. The van der Waals surface area contributed by atoms with Crippen molar-refractivity contribution in [3.05, 3.63) is 17.8 Å². The number of aliphatic hydroxyl groups excluding tert-OH is 2. The summed E-state index contributed by atoms with van der Waals surface area (Å²) in [5.74, 6) is -0.364. The minimum Gasteiger partial charge on any atom is -0.389 e. The molecule has 5 nitrogen and oxygen atoms in total. The Kier molecular flexibility index (Phi) is 2.54. The summed E-state index contributed by atoms with van der Waals surface area (Å²) < 4.78 is 13.6. The van der Waals surface area contributed by atoms with Gasteiger partial charge < -0.3 is 15.1 Å². The molecule has 15 heavy (non-hydrogen) atoms. The number of hydrogen-bond acceptors (Lipinski definition) is 5. The molecule has 0 bridgehead atoms. The molecule has 2 rings (SSSR count). The molecule has 1 aromatic rings. The van der Waals surface area contributed by atoms with Gasteiger partial charge in [-0.3, -0.25) is 0 Å². The van der Waals surface area contributed by atoms with Crippen LogP contribution < -0.4 is 4.90 Å². The Hall–Kier alpha value is -1.27. The molecule has 1 aliphatic rings. The van der Waals surface area contributed by atoms with Crippen molar-refractivity contribution in [2.45, 2.75) is 19.1 Å². The predicted molar refractivity (Wildman–Crippen MR) is 51.0 cm³/mol. The Bertz CT molecular complexity index is 364. The molecule has 6 heteroatoms. The van der Waals surface area contributed by atoms with E-state index in [0.717, 1.165) is 0 Å². The van der Waals surface area contributed by atoms with E-state index in [2.05, 4.69) is 9.97 Å². The number of anilines is 1. The van der Waals surface area contributed by atoms with Crippen molar-refractivity contribution in [1.29, 1.82) is 0 Å². The zero-order valence-corrected chi connectivity index (χ0v) is 8.26. The SMILES string of the molecule is Cc1ncnc(N2CC(O)C(O)C2)c1F. The van der Waals surface area contributed by atoms with Gasteiger partial charge in [-0.1, -0.05) is 0 Å². The van der Waals surface area contributed by atoms with Crippen LogP contribution in [0.3, 0.4) is 0 Å². The summed E-state index contributed by atoms with van der Waals surface area (Å²) in [5.41, 5.74) is 0.260. The summed E-state index contributed by atoms with van der Waals surface area (Å²) in [6.07, 6.45) is -0.426. The van der Waals surface area contributed by atoms with Crippen LogP contribution in [0.25, 0.3) is 0 Å². The van der Waals surface area contributed by atoms with E-state index in [1.807, 2.05) is 0 Å². The number of hydrogen-bond donors (Lipinski definition) is 2. The van der Waals surface area contributed by atoms with Gasteiger partial charge in [0.2, 0.25) is 0 Å². The highest BCUT2D eigenvalue weighted by molar-refractivity contribution is 5.42. The quantitative estimate of drug-likeness (QED) is 0.656. The molecular weight excluding hydrogens is 201 g/mol. The van der Waals surface area contributed by atoms with Gasteiger partial charge in [-0.2, -0.15) is 0 Å². The molecule has 2 atom stereocenters. The number of aliphatic hydroxyl groups is 2. The van der Waals surface area contributed by atoms with Gasteiger partial charge in [0, 0.05) is 13.1 Å². The predicted octanol–water partition coefficient (Wildman–Crippen LogP) is -0.534. The van der Waals surface area contributed by atoms with Crippen molar-refractivity contribution < 1.29 is 14.6 Å². The minimum atomic E-state index is -0.848. The average Bonchev–Trinajstić information content (AvgIpc) is 2.51. The average molecular weight is 213 g/mol. The summed E-state index contributed by atoms with van der Waals surface area (Å²) in [6.45, 7) is 1.92. The van der Waals surface area contributed by atoms with Crippen molar-refractivity contribution in [2.24, 2.45) is 0 Å². The van der Waals surface area contributed by atoms with Crippen LogP contribution in [0.4, 0.5) is 10.2 Å². The second kappa shape index (κ2) is 3.71. The fourth-order valence-corrected chi connectivity index (χ4v) is 1.61. The van der Waals surface area contributed by atoms with E-state index < -0.39 is 18.0 Å².